The Balaban J connectivity index is 1.49. The number of ether oxygens (including phenoxy) is 8. The number of nitrogens with one attached hydrogen (secondary N) is 6. The second-order valence-electron chi connectivity index (χ2n) is 18.3. The molecule has 21 nitrogen and oxygen atoms in total. The van der Waals surface area contributed by atoms with Gasteiger partial charge in [-0.25, -0.2) is 14.4 Å². The summed E-state index contributed by atoms with van der Waals surface area (Å²) in [6, 6.07) is 25.7. The number of unbranched alkanes of at least 4 members (excludes halogenated alkanes) is 2. The van der Waals surface area contributed by atoms with Crippen LogP contribution in [0.5, 0.6) is 0 Å². The second-order valence-corrected chi connectivity index (χ2v) is 18.3. The van der Waals surface area contributed by atoms with Crippen LogP contribution in [-0.4, -0.2) is 139 Å². The number of alkyl carbamates (subject to hydrolysis) is 3. The van der Waals surface area contributed by atoms with Gasteiger partial charge in [0.15, 0.2) is 0 Å². The molecule has 2 atom stereocenters. The maximum atomic E-state index is 14.0. The fourth-order valence-corrected chi connectivity index (χ4v) is 6.85. The van der Waals surface area contributed by atoms with Gasteiger partial charge in [0.2, 0.25) is 17.7 Å². The van der Waals surface area contributed by atoms with Crippen LogP contribution < -0.4 is 31.9 Å². The average molecular weight is 1070 g/mol. The number of rotatable bonds is 39. The summed E-state index contributed by atoms with van der Waals surface area (Å²) < 4.78 is 43.2. The van der Waals surface area contributed by atoms with Gasteiger partial charge in [-0.2, -0.15) is 0 Å². The number of hydrogen-bond donors (Lipinski definition) is 6. The molecule has 0 heterocycles. The first kappa shape index (κ1) is 63.5. The van der Waals surface area contributed by atoms with Crippen LogP contribution in [0.2, 0.25) is 0 Å². The molecule has 0 aliphatic heterocycles. The van der Waals surface area contributed by atoms with Gasteiger partial charge in [0.05, 0.1) is 59.3 Å². The third-order valence-corrected chi connectivity index (χ3v) is 10.7. The Morgan fingerprint density at radius 2 is 0.816 bits per heavy atom. The molecule has 0 aromatic heterocycles. The molecule has 0 unspecified atom stereocenters. The quantitative estimate of drug-likeness (QED) is 0.0225. The first-order valence-electron chi connectivity index (χ1n) is 26.0. The van der Waals surface area contributed by atoms with Crippen molar-refractivity contribution in [1.82, 2.24) is 31.9 Å². The van der Waals surface area contributed by atoms with E-state index in [1.54, 1.807) is 0 Å². The Morgan fingerprint density at radius 1 is 0.421 bits per heavy atom. The van der Waals surface area contributed by atoms with Gasteiger partial charge >= 0.3 is 24.2 Å². The minimum Gasteiger partial charge on any atom is -0.460 e. The van der Waals surface area contributed by atoms with Crippen LogP contribution in [0.1, 0.15) is 95.2 Å². The van der Waals surface area contributed by atoms with Crippen molar-refractivity contribution >= 4 is 42.0 Å². The van der Waals surface area contributed by atoms with Gasteiger partial charge in [-0.3, -0.25) is 19.2 Å². The van der Waals surface area contributed by atoms with Gasteiger partial charge in [0.1, 0.15) is 37.5 Å². The Morgan fingerprint density at radius 3 is 1.25 bits per heavy atom. The highest BCUT2D eigenvalue weighted by Gasteiger charge is 2.27. The van der Waals surface area contributed by atoms with Gasteiger partial charge in [0.25, 0.3) is 0 Å². The van der Waals surface area contributed by atoms with Crippen molar-refractivity contribution in [3.8, 4) is 0 Å². The molecule has 3 aromatic carbocycles. The van der Waals surface area contributed by atoms with E-state index < -0.39 is 53.7 Å². The van der Waals surface area contributed by atoms with Gasteiger partial charge in [-0.15, -0.1) is 0 Å². The summed E-state index contributed by atoms with van der Waals surface area (Å²) >= 11 is 0. The minimum atomic E-state index is -1.05. The van der Waals surface area contributed by atoms with Crippen molar-refractivity contribution in [3.05, 3.63) is 108 Å². The van der Waals surface area contributed by atoms with E-state index in [4.69, 9.17) is 37.9 Å². The first-order chi connectivity index (χ1) is 36.8. The molecule has 0 spiro atoms. The van der Waals surface area contributed by atoms with Crippen molar-refractivity contribution in [2.75, 3.05) is 79.0 Å². The van der Waals surface area contributed by atoms with Crippen molar-refractivity contribution in [3.63, 3.8) is 0 Å². The van der Waals surface area contributed by atoms with Crippen molar-refractivity contribution < 1.29 is 71.5 Å². The number of benzene rings is 3. The molecule has 76 heavy (non-hydrogen) atoms. The van der Waals surface area contributed by atoms with Crippen molar-refractivity contribution in [1.29, 1.82) is 0 Å². The number of amides is 6. The molecule has 6 N–H and O–H groups in total. The lowest BCUT2D eigenvalue weighted by molar-refractivity contribution is -0.156. The van der Waals surface area contributed by atoms with Crippen LogP contribution in [0.3, 0.4) is 0 Å². The molecule has 21 heteroatoms. The standard InChI is InChI=1S/C55H80N6O15/c1-55(2,3)76-49(63)27-32-69-34-36-71-38-39-72-37-35-70-33-31-56-50(64)46(24-13-15-28-57-52(66)73-40-43-18-7-4-8-19-43)61-51(65)47(25-14-16-29-58-53(67)74-41-44-20-9-5-10-21-44)60-48(62)26-17-30-59-54(68)75-42-45-22-11-6-12-23-45/h4-12,18-23,46-47H,13-17,24-42H2,1-3H3,(H,56,64)(H,57,66)(H,58,67)(H,59,68)(H,60,62)(H,61,65)/t46-,47-/m0/s1. The van der Waals surface area contributed by atoms with Gasteiger partial charge < -0.3 is 69.8 Å². The lowest BCUT2D eigenvalue weighted by Gasteiger charge is -2.23. The molecule has 3 aromatic rings. The predicted molar refractivity (Wildman–Crippen MR) is 281 cm³/mol. The fraction of sp³-hybridized carbons (Fsp3) is 0.545. The number of carbonyl (C=O) groups is 7. The highest BCUT2D eigenvalue weighted by atomic mass is 16.6. The van der Waals surface area contributed by atoms with Crippen LogP contribution >= 0.6 is 0 Å². The molecular weight excluding hydrogens is 985 g/mol. The van der Waals surface area contributed by atoms with Gasteiger partial charge in [0, 0.05) is 32.6 Å². The zero-order chi connectivity index (χ0) is 54.9. The van der Waals surface area contributed by atoms with Gasteiger partial charge in [-0.1, -0.05) is 91.0 Å². The largest absolute Gasteiger partial charge is 0.460 e. The van der Waals surface area contributed by atoms with Crippen LogP contribution in [0.15, 0.2) is 91.0 Å². The zero-order valence-corrected chi connectivity index (χ0v) is 44.4. The molecule has 420 valence electrons. The summed E-state index contributed by atoms with van der Waals surface area (Å²) in [4.78, 5) is 89.6. The SMILES string of the molecule is CC(C)(C)OC(=O)CCOCCOCCOCCOCCNC(=O)[C@H](CCCCNC(=O)OCc1ccccc1)NC(=O)[C@H](CCCCNC(=O)OCc1ccccc1)NC(=O)CCCNC(=O)OCc1ccccc1. The Labute approximate surface area is 446 Å². The lowest BCUT2D eigenvalue weighted by Crippen LogP contribution is -2.54. The van der Waals surface area contributed by atoms with E-state index >= 15 is 0 Å². The van der Waals surface area contributed by atoms with Crippen LogP contribution in [0, 0.1) is 0 Å². The monoisotopic (exact) mass is 1060 g/mol. The van der Waals surface area contributed by atoms with E-state index in [1.165, 1.54) is 0 Å². The molecule has 0 aliphatic rings. The average Bonchev–Trinajstić information content (AvgIpc) is 3.40. The topological polar surface area (TPSA) is 266 Å². The van der Waals surface area contributed by atoms with Gasteiger partial charge in [-0.05, 0) is 82.4 Å². The third kappa shape index (κ3) is 33.2. The summed E-state index contributed by atoms with van der Waals surface area (Å²) in [6.07, 6.45) is 0.740. The minimum absolute atomic E-state index is 0.0174. The highest BCUT2D eigenvalue weighted by Crippen LogP contribution is 2.10. The smallest absolute Gasteiger partial charge is 0.407 e. The molecule has 3 rings (SSSR count). The van der Waals surface area contributed by atoms with Crippen molar-refractivity contribution in [2.24, 2.45) is 0 Å². The zero-order valence-electron chi connectivity index (χ0n) is 44.4. The fourth-order valence-electron chi connectivity index (χ4n) is 6.85. The number of hydrogen-bond acceptors (Lipinski definition) is 15. The number of esters is 1. The Hall–Kier alpha value is -6.81. The maximum Gasteiger partial charge on any atom is 0.407 e. The molecule has 0 saturated carbocycles. The summed E-state index contributed by atoms with van der Waals surface area (Å²) in [5.41, 5.74) is 1.97. The molecule has 0 aliphatic carbocycles. The van der Waals surface area contributed by atoms with Crippen LogP contribution in [-0.2, 0) is 76.9 Å². The molecular formula is C55H80N6O15. The summed E-state index contributed by atoms with van der Waals surface area (Å²) in [5.74, 6) is -1.82. The molecule has 0 fully saturated rings. The lowest BCUT2D eigenvalue weighted by atomic mass is 10.0. The van der Waals surface area contributed by atoms with E-state index in [1.807, 2.05) is 112 Å². The third-order valence-electron chi connectivity index (χ3n) is 10.7. The highest BCUT2D eigenvalue weighted by molar-refractivity contribution is 5.92. The maximum absolute atomic E-state index is 14.0. The molecule has 6 amide bonds. The molecule has 0 saturated heterocycles. The Kier molecular flexibility index (Phi) is 33.1. The molecule has 0 radical (unpaired) electrons. The second kappa shape index (κ2) is 39.6. The summed E-state index contributed by atoms with van der Waals surface area (Å²) in [7, 11) is 0. The summed E-state index contributed by atoms with van der Waals surface area (Å²) in [5, 5.41) is 16.5. The van der Waals surface area contributed by atoms with E-state index in [-0.39, 0.29) is 111 Å². The van der Waals surface area contributed by atoms with E-state index in [0.717, 1.165) is 16.7 Å². The normalized spacial score (nSPS) is 11.8. The Bertz CT molecular complexity index is 2100. The van der Waals surface area contributed by atoms with Crippen LogP contribution in [0.4, 0.5) is 14.4 Å². The molecule has 0 bridgehead atoms. The number of carbonyl (C=O) groups excluding carboxylic acids is 7. The van der Waals surface area contributed by atoms with Crippen molar-refractivity contribution in [2.45, 2.75) is 116 Å². The van der Waals surface area contributed by atoms with Crippen LogP contribution in [0.25, 0.3) is 0 Å². The predicted octanol–water partition coefficient (Wildman–Crippen LogP) is 5.77. The van der Waals surface area contributed by atoms with E-state index in [2.05, 4.69) is 31.9 Å². The van der Waals surface area contributed by atoms with E-state index in [9.17, 15) is 33.6 Å². The first-order valence-corrected chi connectivity index (χ1v) is 26.0. The summed E-state index contributed by atoms with van der Waals surface area (Å²) in [6.45, 7) is 8.81. The van der Waals surface area contributed by atoms with E-state index in [0.29, 0.717) is 52.1 Å².